The van der Waals surface area contributed by atoms with Gasteiger partial charge < -0.3 is 0 Å². The molecule has 0 aromatic carbocycles. The van der Waals surface area contributed by atoms with E-state index in [-0.39, 0.29) is 0 Å². The molecule has 0 radical (unpaired) electrons. The maximum absolute atomic E-state index is 3.27. The van der Waals surface area contributed by atoms with Crippen molar-refractivity contribution in [1.29, 1.82) is 0 Å². The Labute approximate surface area is 99.9 Å². The van der Waals surface area contributed by atoms with Gasteiger partial charge >= 0.3 is 51.0 Å². The van der Waals surface area contributed by atoms with Crippen LogP contribution in [0.1, 0.15) is 25.7 Å². The predicted octanol–water partition coefficient (Wildman–Crippen LogP) is 5.21. The Balaban J connectivity index is 0.000000261. The van der Waals surface area contributed by atoms with E-state index in [1.807, 2.05) is 0 Å². The van der Waals surface area contributed by atoms with Crippen LogP contribution in [0.3, 0.4) is 0 Å². The average molecular weight is 540 g/mol. The molecule has 0 amide bonds. The second kappa shape index (κ2) is 10.6. The Kier molecular flexibility index (Phi) is 12.0. The molecule has 74 valence electrons. The van der Waals surface area contributed by atoms with E-state index in [1.165, 1.54) is 25.7 Å². The summed E-state index contributed by atoms with van der Waals surface area (Å²) in [5.74, 6) is 0. The van der Waals surface area contributed by atoms with E-state index in [0.29, 0.717) is 0 Å². The fourth-order valence-electron chi connectivity index (χ4n) is 0.874. The molecule has 0 nitrogen and oxygen atoms in total. The molecule has 0 N–H and O–H groups in total. The van der Waals surface area contributed by atoms with Crippen molar-refractivity contribution in [2.24, 2.45) is 0 Å². The minimum absolute atomic E-state index is 0.896. The molecule has 0 bridgehead atoms. The first-order chi connectivity index (χ1) is 5.73. The van der Waals surface area contributed by atoms with Crippen LogP contribution in [0.4, 0.5) is 0 Å². The average Bonchev–Trinajstić information content (AvgIpc) is 1.82. The molecule has 0 spiro atoms. The number of hydrogen-bond donors (Lipinski definition) is 0. The molecule has 1 aliphatic carbocycles. The monoisotopic (exact) mass is 538 g/mol. The quantitative estimate of drug-likeness (QED) is 0.396. The zero-order valence-corrected chi connectivity index (χ0v) is 13.8. The molecule has 0 heterocycles. The van der Waals surface area contributed by atoms with Crippen molar-refractivity contribution in [3.63, 3.8) is 0 Å². The Bertz CT molecular complexity index is 126. The Morgan fingerprint density at radius 1 is 0.833 bits per heavy atom. The van der Waals surface area contributed by atoms with Gasteiger partial charge in [-0.3, -0.25) is 0 Å². The van der Waals surface area contributed by atoms with E-state index in [2.05, 4.69) is 64.8 Å². The first-order valence-corrected chi connectivity index (χ1v) is 19.4. The van der Waals surface area contributed by atoms with Crippen molar-refractivity contribution < 1.29 is 10.5 Å². The fraction of sp³-hybridized carbons (Fsp3) is 0.500. The summed E-state index contributed by atoms with van der Waals surface area (Å²) in [6, 6.07) is 0. The van der Waals surface area contributed by atoms with E-state index in [1.54, 1.807) is 0 Å². The van der Waals surface area contributed by atoms with E-state index in [0.717, 1.165) is 0 Å². The molecule has 0 aromatic rings. The van der Waals surface area contributed by atoms with Crippen LogP contribution < -0.4 is 0 Å². The summed E-state index contributed by atoms with van der Waals surface area (Å²) in [7, 11) is -0.896. The van der Waals surface area contributed by atoms with Gasteiger partial charge in [0.05, 0.1) is 0 Å². The topological polar surface area (TPSA) is 0 Å². The number of allylic oxidation sites excluding steroid dienone is 4. The molecule has 1 aliphatic rings. The first-order valence-electron chi connectivity index (χ1n) is 3.69. The SMILES string of the molecule is C1=CCCCCC=C1.[Br][Ir]([Br])[Br]. The van der Waals surface area contributed by atoms with Gasteiger partial charge in [-0.15, -0.1) is 0 Å². The van der Waals surface area contributed by atoms with E-state index < -0.39 is 10.5 Å². The van der Waals surface area contributed by atoms with Gasteiger partial charge in [-0.05, 0) is 25.7 Å². The molecule has 4 heteroatoms. The summed E-state index contributed by atoms with van der Waals surface area (Å²) in [5.41, 5.74) is 0. The molecule has 0 unspecified atom stereocenters. The summed E-state index contributed by atoms with van der Waals surface area (Å²) in [6.45, 7) is 0. The molecule has 0 aromatic heterocycles. The number of halogens is 3. The normalized spacial score (nSPS) is 17.1. The second-order valence-corrected chi connectivity index (χ2v) is 33.7. The van der Waals surface area contributed by atoms with Gasteiger partial charge in [0.15, 0.2) is 0 Å². The van der Waals surface area contributed by atoms with E-state index in [9.17, 15) is 0 Å². The second-order valence-electron chi connectivity index (χ2n) is 2.28. The Hall–Kier alpha value is 1.57. The van der Waals surface area contributed by atoms with Gasteiger partial charge in [0, 0.05) is 0 Å². The fourth-order valence-corrected chi connectivity index (χ4v) is 0.874. The summed E-state index contributed by atoms with van der Waals surface area (Å²) in [5, 5.41) is 0. The van der Waals surface area contributed by atoms with Gasteiger partial charge in [-0.1, -0.05) is 24.3 Å². The molecule has 12 heavy (non-hydrogen) atoms. The summed E-state index contributed by atoms with van der Waals surface area (Å²) in [6.07, 6.45) is 14.0. The van der Waals surface area contributed by atoms with Crippen molar-refractivity contribution in [3.05, 3.63) is 24.3 Å². The van der Waals surface area contributed by atoms with Crippen molar-refractivity contribution in [2.45, 2.75) is 25.7 Å². The zero-order valence-electron chi connectivity index (χ0n) is 6.61. The molecule has 0 saturated heterocycles. The van der Waals surface area contributed by atoms with Crippen molar-refractivity contribution in [3.8, 4) is 0 Å². The zero-order chi connectivity index (χ0) is 9.23. The predicted molar refractivity (Wildman–Crippen MR) is 63.5 cm³/mol. The van der Waals surface area contributed by atoms with Crippen LogP contribution in [0.15, 0.2) is 24.3 Å². The Morgan fingerprint density at radius 2 is 1.17 bits per heavy atom. The van der Waals surface area contributed by atoms with Crippen LogP contribution in [0.25, 0.3) is 0 Å². The third-order valence-corrected chi connectivity index (χ3v) is 1.37. The van der Waals surface area contributed by atoms with Crippen molar-refractivity contribution >= 4 is 40.5 Å². The first kappa shape index (κ1) is 13.6. The van der Waals surface area contributed by atoms with E-state index in [4.69, 9.17) is 0 Å². The van der Waals surface area contributed by atoms with Crippen molar-refractivity contribution in [1.82, 2.24) is 0 Å². The van der Waals surface area contributed by atoms with Crippen LogP contribution in [-0.4, -0.2) is 0 Å². The third-order valence-electron chi connectivity index (χ3n) is 1.37. The van der Waals surface area contributed by atoms with Crippen LogP contribution in [0.2, 0.25) is 0 Å². The molecule has 0 fully saturated rings. The van der Waals surface area contributed by atoms with Crippen LogP contribution >= 0.6 is 40.5 Å². The number of hydrogen-bond acceptors (Lipinski definition) is 0. The van der Waals surface area contributed by atoms with Gasteiger partial charge in [-0.2, -0.15) is 0 Å². The molecule has 0 aliphatic heterocycles. The van der Waals surface area contributed by atoms with Gasteiger partial charge in [0.1, 0.15) is 0 Å². The molecular weight excluding hydrogens is 528 g/mol. The summed E-state index contributed by atoms with van der Waals surface area (Å²) >= 11 is 9.81. The van der Waals surface area contributed by atoms with Crippen LogP contribution in [0, 0.1) is 0 Å². The Morgan fingerprint density at radius 3 is 1.50 bits per heavy atom. The molecular formula is C8H12Br3Ir. The molecule has 0 atom stereocenters. The molecule has 0 saturated carbocycles. The minimum atomic E-state index is -0.896. The van der Waals surface area contributed by atoms with Crippen LogP contribution in [-0.2, 0) is 10.5 Å². The van der Waals surface area contributed by atoms with Crippen molar-refractivity contribution in [2.75, 3.05) is 0 Å². The van der Waals surface area contributed by atoms with Crippen LogP contribution in [0.5, 0.6) is 0 Å². The maximum atomic E-state index is 3.27. The molecule has 1 rings (SSSR count). The number of rotatable bonds is 0. The van der Waals surface area contributed by atoms with Gasteiger partial charge in [0.2, 0.25) is 0 Å². The third kappa shape index (κ3) is 14.1. The summed E-state index contributed by atoms with van der Waals surface area (Å²) < 4.78 is 0. The standard InChI is InChI=1S/C8H12.3BrH.Ir/c1-2-4-6-8-7-5-3-1;;;;/h1-4H,5-8H2;3*1H;/q;;;;+3/p-3. The van der Waals surface area contributed by atoms with E-state index >= 15 is 0 Å². The van der Waals surface area contributed by atoms with Gasteiger partial charge in [-0.25, -0.2) is 0 Å². The summed E-state index contributed by atoms with van der Waals surface area (Å²) in [4.78, 5) is 0. The van der Waals surface area contributed by atoms with Gasteiger partial charge in [0.25, 0.3) is 0 Å².